The highest BCUT2D eigenvalue weighted by atomic mass is 16.6. The molecule has 2 amide bonds. The number of carbonyl (C=O) groups excluding carboxylic acids is 3. The second kappa shape index (κ2) is 15.1. The first kappa shape index (κ1) is 34.1. The molecule has 0 saturated heterocycles. The van der Waals surface area contributed by atoms with Crippen LogP contribution >= 0.6 is 0 Å². The normalized spacial score (nSPS) is 13.0. The molecule has 0 fully saturated rings. The van der Waals surface area contributed by atoms with E-state index in [9.17, 15) is 14.4 Å². The fraction of sp³-hybridized carbons (Fsp3) is 0.244. The van der Waals surface area contributed by atoms with Crippen molar-refractivity contribution in [2.75, 3.05) is 13.2 Å². The largest absolute Gasteiger partial charge is 0.459 e. The Morgan fingerprint density at radius 2 is 1.19 bits per heavy atom. The van der Waals surface area contributed by atoms with Crippen molar-refractivity contribution in [3.63, 3.8) is 0 Å². The molecule has 0 aliphatic carbocycles. The Balaban J connectivity index is 1.52. The molecule has 7 nitrogen and oxygen atoms in total. The lowest BCUT2D eigenvalue weighted by Crippen LogP contribution is -2.49. The summed E-state index contributed by atoms with van der Waals surface area (Å²) in [5.41, 5.74) is 7.27. The van der Waals surface area contributed by atoms with Crippen LogP contribution in [0.4, 0.5) is 0 Å². The summed E-state index contributed by atoms with van der Waals surface area (Å²) in [6, 6.07) is 43.1. The molecule has 0 bridgehead atoms. The molecule has 0 spiro atoms. The molecule has 246 valence electrons. The average Bonchev–Trinajstić information content (AvgIpc) is 3.08. The van der Waals surface area contributed by atoms with Gasteiger partial charge in [0.1, 0.15) is 17.1 Å². The van der Waals surface area contributed by atoms with Gasteiger partial charge in [0.2, 0.25) is 11.8 Å². The van der Waals surface area contributed by atoms with Gasteiger partial charge in [0.05, 0.1) is 12.5 Å². The summed E-state index contributed by atoms with van der Waals surface area (Å²) in [6.45, 7) is 5.05. The van der Waals surface area contributed by atoms with E-state index in [0.717, 1.165) is 33.0 Å². The van der Waals surface area contributed by atoms with Crippen molar-refractivity contribution in [1.29, 1.82) is 0 Å². The summed E-state index contributed by atoms with van der Waals surface area (Å²) in [5, 5.41) is 5.17. The van der Waals surface area contributed by atoms with E-state index < -0.39 is 40.8 Å². The molecule has 5 rings (SSSR count). The summed E-state index contributed by atoms with van der Waals surface area (Å²) in [7, 11) is 0. The van der Waals surface area contributed by atoms with Crippen molar-refractivity contribution < 1.29 is 23.9 Å². The second-order valence-electron chi connectivity index (χ2n) is 12.8. The van der Waals surface area contributed by atoms with Gasteiger partial charge >= 0.3 is 5.97 Å². The summed E-state index contributed by atoms with van der Waals surface area (Å²) < 4.78 is 12.6. The van der Waals surface area contributed by atoms with Crippen LogP contribution in [-0.2, 0) is 35.9 Å². The van der Waals surface area contributed by atoms with Gasteiger partial charge in [-0.05, 0) is 60.2 Å². The zero-order chi connectivity index (χ0) is 34.1. The molecule has 48 heavy (non-hydrogen) atoms. The third kappa shape index (κ3) is 7.81. The van der Waals surface area contributed by atoms with E-state index in [-0.39, 0.29) is 13.2 Å². The molecule has 5 aromatic carbocycles. The molecule has 0 radical (unpaired) electrons. The van der Waals surface area contributed by atoms with Gasteiger partial charge in [0, 0.05) is 6.54 Å². The van der Waals surface area contributed by atoms with E-state index in [2.05, 4.69) is 5.32 Å². The molecule has 3 N–H and O–H groups in total. The number of nitrogens with two attached hydrogens (primary N) is 1. The third-order valence-corrected chi connectivity index (χ3v) is 8.30. The van der Waals surface area contributed by atoms with E-state index in [1.54, 1.807) is 20.8 Å². The molecular formula is C41H42N2O5. The maximum atomic E-state index is 14.1. The van der Waals surface area contributed by atoms with Crippen molar-refractivity contribution in [3.05, 3.63) is 156 Å². The van der Waals surface area contributed by atoms with E-state index in [0.29, 0.717) is 6.42 Å². The third-order valence-electron chi connectivity index (χ3n) is 8.30. The second-order valence-corrected chi connectivity index (χ2v) is 12.8. The van der Waals surface area contributed by atoms with Gasteiger partial charge in [0.15, 0.2) is 0 Å². The number of fused-ring (bicyclic) bond motifs is 1. The van der Waals surface area contributed by atoms with Crippen molar-refractivity contribution in [1.82, 2.24) is 5.32 Å². The summed E-state index contributed by atoms with van der Waals surface area (Å²) in [6.07, 6.45) is 0.538. The number of amides is 2. The van der Waals surface area contributed by atoms with E-state index in [1.165, 1.54) is 0 Å². The minimum atomic E-state index is -1.60. The smallest absolute Gasteiger partial charge is 0.319 e. The van der Waals surface area contributed by atoms with Crippen molar-refractivity contribution >= 4 is 28.6 Å². The monoisotopic (exact) mass is 642 g/mol. The number of ether oxygens (including phenoxy) is 2. The van der Waals surface area contributed by atoms with Crippen LogP contribution < -0.4 is 11.1 Å². The first-order valence-electron chi connectivity index (χ1n) is 16.2. The molecule has 0 heterocycles. The van der Waals surface area contributed by atoms with E-state index >= 15 is 0 Å². The van der Waals surface area contributed by atoms with Gasteiger partial charge in [-0.25, -0.2) is 0 Å². The van der Waals surface area contributed by atoms with Gasteiger partial charge in [-0.3, -0.25) is 14.4 Å². The van der Waals surface area contributed by atoms with Crippen LogP contribution in [-0.4, -0.2) is 36.5 Å². The molecule has 0 aliphatic rings. The van der Waals surface area contributed by atoms with Crippen molar-refractivity contribution in [2.45, 2.75) is 38.4 Å². The lowest BCUT2D eigenvalue weighted by atomic mass is 9.79. The van der Waals surface area contributed by atoms with E-state index in [4.69, 9.17) is 15.2 Å². The number of benzene rings is 5. The molecule has 0 aliphatic heterocycles. The van der Waals surface area contributed by atoms with Crippen LogP contribution in [0.15, 0.2) is 133 Å². The molecule has 7 heteroatoms. The number of nitrogens with one attached hydrogen (secondary N) is 1. The number of hydrogen-bond donors (Lipinski definition) is 2. The standard InChI is InChI=1S/C41H42N2O5/c1-40(2,3)48-39(46)36(37(42)44)35(38(45)43-27-26-30-18-15-17-29-16-13-14-25-34(29)30)28-47-41(31-19-7-4-8-20-31,32-21-9-5-10-22-32)33-23-11-6-12-24-33/h4-25,35-36H,26-28H2,1-3H3,(H2,42,44)(H,43,45). The van der Waals surface area contributed by atoms with Crippen LogP contribution in [0.3, 0.4) is 0 Å². The number of primary amides is 1. The number of hydrogen-bond acceptors (Lipinski definition) is 5. The first-order valence-corrected chi connectivity index (χ1v) is 16.2. The molecule has 2 atom stereocenters. The fourth-order valence-corrected chi connectivity index (χ4v) is 6.11. The zero-order valence-electron chi connectivity index (χ0n) is 27.6. The Morgan fingerprint density at radius 1 is 0.688 bits per heavy atom. The minimum absolute atomic E-state index is 0.268. The van der Waals surface area contributed by atoms with Gasteiger partial charge in [-0.1, -0.05) is 133 Å². The van der Waals surface area contributed by atoms with Gasteiger partial charge in [0.25, 0.3) is 0 Å². The summed E-state index contributed by atoms with van der Waals surface area (Å²) in [4.78, 5) is 40.7. The van der Waals surface area contributed by atoms with Crippen LogP contribution in [0.5, 0.6) is 0 Å². The lowest BCUT2D eigenvalue weighted by molar-refractivity contribution is -0.168. The number of rotatable bonds is 13. The molecule has 0 saturated carbocycles. The minimum Gasteiger partial charge on any atom is -0.459 e. The predicted octanol–water partition coefficient (Wildman–Crippen LogP) is 6.57. The van der Waals surface area contributed by atoms with Crippen LogP contribution in [0.1, 0.15) is 43.0 Å². The predicted molar refractivity (Wildman–Crippen MR) is 188 cm³/mol. The van der Waals surface area contributed by atoms with Gasteiger partial charge < -0.3 is 20.5 Å². The van der Waals surface area contributed by atoms with Crippen LogP contribution in [0.25, 0.3) is 10.8 Å². The highest BCUT2D eigenvalue weighted by molar-refractivity contribution is 6.01. The topological polar surface area (TPSA) is 108 Å². The summed E-state index contributed by atoms with van der Waals surface area (Å²) >= 11 is 0. The number of esters is 1. The van der Waals surface area contributed by atoms with E-state index in [1.807, 2.05) is 133 Å². The highest BCUT2D eigenvalue weighted by Crippen LogP contribution is 2.41. The molecule has 2 unspecified atom stereocenters. The first-order chi connectivity index (χ1) is 23.1. The van der Waals surface area contributed by atoms with Gasteiger partial charge in [-0.2, -0.15) is 0 Å². The Morgan fingerprint density at radius 3 is 1.71 bits per heavy atom. The lowest BCUT2D eigenvalue weighted by Gasteiger charge is -2.37. The van der Waals surface area contributed by atoms with Crippen LogP contribution in [0.2, 0.25) is 0 Å². The number of carbonyl (C=O) groups is 3. The summed E-state index contributed by atoms with van der Waals surface area (Å²) in [5.74, 6) is -5.26. The molecule has 0 aromatic heterocycles. The molecule has 5 aromatic rings. The average molecular weight is 643 g/mol. The van der Waals surface area contributed by atoms with Crippen molar-refractivity contribution in [3.8, 4) is 0 Å². The quantitative estimate of drug-likeness (QED) is 0.0859. The maximum absolute atomic E-state index is 14.1. The SMILES string of the molecule is CC(C)(C)OC(=O)C(C(N)=O)C(COC(c1ccccc1)(c1ccccc1)c1ccccc1)C(=O)NCCc1cccc2ccccc12. The van der Waals surface area contributed by atoms with Crippen molar-refractivity contribution in [2.24, 2.45) is 17.6 Å². The Hall–Kier alpha value is -5.27. The molecular weight excluding hydrogens is 600 g/mol. The van der Waals surface area contributed by atoms with Crippen LogP contribution in [0, 0.1) is 11.8 Å². The Bertz CT molecular complexity index is 1730. The Labute approximate surface area is 282 Å². The van der Waals surface area contributed by atoms with Gasteiger partial charge in [-0.15, -0.1) is 0 Å². The zero-order valence-corrected chi connectivity index (χ0v) is 27.6. The Kier molecular flexibility index (Phi) is 10.7. The highest BCUT2D eigenvalue weighted by Gasteiger charge is 2.44. The fourth-order valence-electron chi connectivity index (χ4n) is 6.11. The maximum Gasteiger partial charge on any atom is 0.319 e.